The van der Waals surface area contributed by atoms with Gasteiger partial charge in [0.25, 0.3) is 0 Å². The fourth-order valence-electron chi connectivity index (χ4n) is 6.64. The molecule has 42 heavy (non-hydrogen) atoms. The highest BCUT2D eigenvalue weighted by Gasteiger charge is 2.25. The molecule has 210 valence electrons. The zero-order valence-corrected chi connectivity index (χ0v) is 23.9. The lowest BCUT2D eigenvalue weighted by Gasteiger charge is -2.35. The Morgan fingerprint density at radius 3 is 1.86 bits per heavy atom. The van der Waals surface area contributed by atoms with Crippen molar-refractivity contribution in [1.29, 1.82) is 0 Å². The summed E-state index contributed by atoms with van der Waals surface area (Å²) in [6, 6.07) is 45.2. The number of nitrogens with zero attached hydrogens (tertiary/aromatic N) is 3. The molecule has 1 atom stereocenters. The maximum absolute atomic E-state index is 11.7. The van der Waals surface area contributed by atoms with Crippen LogP contribution in [-0.4, -0.2) is 58.3 Å². The highest BCUT2D eigenvalue weighted by Crippen LogP contribution is 2.43. The van der Waals surface area contributed by atoms with E-state index in [9.17, 15) is 5.11 Å². The van der Waals surface area contributed by atoms with Crippen molar-refractivity contribution in [2.75, 3.05) is 32.7 Å². The number of β-amino-alcohol motifs (C(OH)–C–C–N with tert-alkyl or cyclic N) is 1. The molecule has 1 saturated heterocycles. The molecule has 0 radical (unpaired) electrons. The normalized spacial score (nSPS) is 15.4. The fourth-order valence-corrected chi connectivity index (χ4v) is 6.64. The van der Waals surface area contributed by atoms with Crippen LogP contribution in [0.1, 0.15) is 5.56 Å². The molecule has 5 aromatic carbocycles. The summed E-state index contributed by atoms with van der Waals surface area (Å²) in [7, 11) is 0. The molecule has 0 bridgehead atoms. The number of aromatic nitrogens is 1. The lowest BCUT2D eigenvalue weighted by Crippen LogP contribution is -2.48. The lowest BCUT2D eigenvalue weighted by molar-refractivity contribution is 0.0631. The summed E-state index contributed by atoms with van der Waals surface area (Å²) in [4.78, 5) is 4.94. The molecule has 0 aliphatic carbocycles. The predicted molar refractivity (Wildman–Crippen MR) is 174 cm³/mol. The van der Waals surface area contributed by atoms with Crippen LogP contribution in [0.2, 0.25) is 0 Å². The number of hydrogen-bond donors (Lipinski definition) is 1. The van der Waals surface area contributed by atoms with Crippen LogP contribution in [0, 0.1) is 0 Å². The Balaban J connectivity index is 1.23. The minimum Gasteiger partial charge on any atom is -0.390 e. The van der Waals surface area contributed by atoms with Gasteiger partial charge in [0.2, 0.25) is 0 Å². The Morgan fingerprint density at radius 2 is 1.14 bits per heavy atom. The van der Waals surface area contributed by atoms with Crippen molar-refractivity contribution in [2.24, 2.45) is 0 Å². The minimum absolute atomic E-state index is 0.494. The van der Waals surface area contributed by atoms with Gasteiger partial charge in [-0.1, -0.05) is 127 Å². The minimum atomic E-state index is -0.494. The Kier molecular flexibility index (Phi) is 7.58. The first kappa shape index (κ1) is 26.7. The number of piperazine rings is 1. The predicted octanol–water partition coefficient (Wildman–Crippen LogP) is 7.31. The van der Waals surface area contributed by atoms with Crippen LogP contribution in [0.3, 0.4) is 0 Å². The molecule has 6 aromatic rings. The summed E-state index contributed by atoms with van der Waals surface area (Å²) < 4.78 is 2.39. The van der Waals surface area contributed by atoms with Crippen LogP contribution in [0.15, 0.2) is 127 Å². The van der Waals surface area contributed by atoms with Crippen molar-refractivity contribution in [2.45, 2.75) is 19.2 Å². The van der Waals surface area contributed by atoms with Crippen molar-refractivity contribution < 1.29 is 5.11 Å². The molecule has 2 heterocycles. The van der Waals surface area contributed by atoms with E-state index in [0.717, 1.165) is 32.7 Å². The van der Waals surface area contributed by atoms with Gasteiger partial charge in [-0.15, -0.1) is 0 Å². The molecule has 0 unspecified atom stereocenters. The van der Waals surface area contributed by atoms with Crippen molar-refractivity contribution in [3.8, 4) is 22.4 Å². The fraction of sp³-hybridized carbons (Fsp3) is 0.211. The van der Waals surface area contributed by atoms with Gasteiger partial charge in [0.1, 0.15) is 0 Å². The van der Waals surface area contributed by atoms with Gasteiger partial charge in [-0.2, -0.15) is 0 Å². The maximum Gasteiger partial charge on any atom is 0.0845 e. The molecule has 0 amide bonds. The highest BCUT2D eigenvalue weighted by atomic mass is 16.3. The van der Waals surface area contributed by atoms with E-state index in [1.807, 2.05) is 0 Å². The van der Waals surface area contributed by atoms with Crippen molar-refractivity contribution >= 4 is 21.7 Å². The summed E-state index contributed by atoms with van der Waals surface area (Å²) in [5.74, 6) is 0. The second-order valence-electron chi connectivity index (χ2n) is 11.5. The van der Waals surface area contributed by atoms with Crippen LogP contribution in [-0.2, 0) is 13.1 Å². The number of hydrogen-bond acceptors (Lipinski definition) is 3. The molecular weight excluding hydrogens is 514 g/mol. The Morgan fingerprint density at radius 1 is 0.548 bits per heavy atom. The van der Waals surface area contributed by atoms with Crippen LogP contribution < -0.4 is 0 Å². The first-order valence-corrected chi connectivity index (χ1v) is 15.1. The van der Waals surface area contributed by atoms with Crippen molar-refractivity contribution in [3.63, 3.8) is 0 Å². The second-order valence-corrected chi connectivity index (χ2v) is 11.5. The van der Waals surface area contributed by atoms with Gasteiger partial charge >= 0.3 is 0 Å². The van der Waals surface area contributed by atoms with E-state index >= 15 is 0 Å². The molecule has 1 N–H and O–H groups in total. The van der Waals surface area contributed by atoms with Crippen molar-refractivity contribution in [1.82, 2.24) is 14.4 Å². The number of aliphatic hydroxyl groups is 1. The first-order chi connectivity index (χ1) is 20.7. The van der Waals surface area contributed by atoms with Gasteiger partial charge in [-0.05, 0) is 22.1 Å². The molecule has 0 spiro atoms. The average molecular weight is 552 g/mol. The third kappa shape index (κ3) is 5.37. The Hall–Kier alpha value is -4.22. The maximum atomic E-state index is 11.7. The first-order valence-electron chi connectivity index (χ1n) is 15.1. The van der Waals surface area contributed by atoms with Gasteiger partial charge in [0, 0.05) is 55.6 Å². The Labute approximate surface area is 248 Å². The van der Waals surface area contributed by atoms with Crippen LogP contribution in [0.25, 0.3) is 44.1 Å². The van der Waals surface area contributed by atoms with E-state index in [1.165, 1.54) is 49.6 Å². The number of aliphatic hydroxyl groups excluding tert-OH is 1. The molecule has 1 aromatic heterocycles. The van der Waals surface area contributed by atoms with E-state index in [1.54, 1.807) is 0 Å². The van der Waals surface area contributed by atoms with Gasteiger partial charge in [0.05, 0.1) is 23.9 Å². The zero-order valence-electron chi connectivity index (χ0n) is 23.9. The smallest absolute Gasteiger partial charge is 0.0845 e. The lowest BCUT2D eigenvalue weighted by atomic mass is 9.97. The summed E-state index contributed by atoms with van der Waals surface area (Å²) in [5.41, 5.74) is 7.31. The summed E-state index contributed by atoms with van der Waals surface area (Å²) >= 11 is 0. The Bertz CT molecular complexity index is 1770. The van der Waals surface area contributed by atoms with Crippen LogP contribution in [0.4, 0.5) is 0 Å². The van der Waals surface area contributed by atoms with Crippen molar-refractivity contribution in [3.05, 3.63) is 133 Å². The molecule has 1 fully saturated rings. The van der Waals surface area contributed by atoms with Crippen LogP contribution in [0.5, 0.6) is 0 Å². The number of benzene rings is 5. The largest absolute Gasteiger partial charge is 0.390 e. The van der Waals surface area contributed by atoms with E-state index in [-0.39, 0.29) is 0 Å². The third-order valence-electron chi connectivity index (χ3n) is 8.63. The van der Waals surface area contributed by atoms with Gasteiger partial charge in [-0.25, -0.2) is 0 Å². The van der Waals surface area contributed by atoms with E-state index in [2.05, 4.69) is 142 Å². The van der Waals surface area contributed by atoms with E-state index < -0.39 is 6.10 Å². The monoisotopic (exact) mass is 551 g/mol. The SMILES string of the molecule is O[C@H](CN1CCN(Cc2ccccc2)CC1)Cn1c(-c2ccccc2)c(-c2ccccc2)c2ccc3ccccc3c21. The zero-order chi connectivity index (χ0) is 28.3. The average Bonchev–Trinajstić information content (AvgIpc) is 3.37. The summed E-state index contributed by atoms with van der Waals surface area (Å²) in [6.45, 7) is 6.17. The standard InChI is InChI=1S/C38H37N3O/c42-33(27-40-24-22-39(23-25-40)26-29-12-4-1-5-13-29)28-41-37(32-17-8-3-9-18-32)36(31-15-6-2-7-16-31)35-21-20-30-14-10-11-19-34(30)38(35)41/h1-21,33,42H,22-28H2/t33-/m1/s1. The molecule has 4 heteroatoms. The van der Waals surface area contributed by atoms with Gasteiger partial charge in [0.15, 0.2) is 0 Å². The molecule has 0 saturated carbocycles. The molecule has 1 aliphatic rings. The van der Waals surface area contributed by atoms with E-state index in [0.29, 0.717) is 13.1 Å². The highest BCUT2D eigenvalue weighted by molar-refractivity contribution is 6.15. The third-order valence-corrected chi connectivity index (χ3v) is 8.63. The topological polar surface area (TPSA) is 31.6 Å². The van der Waals surface area contributed by atoms with Gasteiger partial charge in [-0.3, -0.25) is 9.80 Å². The summed E-state index contributed by atoms with van der Waals surface area (Å²) in [6.07, 6.45) is -0.494. The molecule has 7 rings (SSSR count). The number of rotatable bonds is 8. The van der Waals surface area contributed by atoms with E-state index in [4.69, 9.17) is 0 Å². The number of fused-ring (bicyclic) bond motifs is 3. The van der Waals surface area contributed by atoms with Crippen LogP contribution >= 0.6 is 0 Å². The van der Waals surface area contributed by atoms with Gasteiger partial charge < -0.3 is 9.67 Å². The molecular formula is C38H37N3O. The molecule has 1 aliphatic heterocycles. The molecule has 4 nitrogen and oxygen atoms in total. The summed E-state index contributed by atoms with van der Waals surface area (Å²) in [5, 5.41) is 15.3. The second kappa shape index (κ2) is 11.9. The quantitative estimate of drug-likeness (QED) is 0.215.